The van der Waals surface area contributed by atoms with Gasteiger partial charge in [-0.1, -0.05) is 28.1 Å². The van der Waals surface area contributed by atoms with E-state index < -0.39 is 6.10 Å². The quantitative estimate of drug-likeness (QED) is 0.351. The highest BCUT2D eigenvalue weighted by Crippen LogP contribution is 2.21. The summed E-state index contributed by atoms with van der Waals surface area (Å²) in [6.07, 6.45) is 4.99. The molecule has 1 aromatic carbocycles. The average Bonchev–Trinajstić information content (AvgIpc) is 2.27. The molecule has 0 aliphatic heterocycles. The molecule has 0 saturated carbocycles. The van der Waals surface area contributed by atoms with Crippen LogP contribution in [-0.2, 0) is 4.74 Å². The van der Waals surface area contributed by atoms with E-state index in [0.29, 0.717) is 13.0 Å². The molecule has 1 atom stereocenters. The Hall–Kier alpha value is -1.38. The minimum Gasteiger partial charge on any atom is -0.366 e. The average molecular weight is 298 g/mol. The molecular formula is C12H12BrNO3. The topological polar surface area (TPSA) is 52.4 Å². The molecule has 0 radical (unpaired) electrons. The lowest BCUT2D eigenvalue weighted by Crippen LogP contribution is -2.16. The monoisotopic (exact) mass is 297 g/mol. The van der Waals surface area contributed by atoms with Crippen LogP contribution in [0, 0.1) is 22.5 Å². The molecule has 1 rings (SSSR count). The lowest BCUT2D eigenvalue weighted by molar-refractivity contribution is -0.492. The van der Waals surface area contributed by atoms with E-state index in [1.807, 2.05) is 18.2 Å². The van der Waals surface area contributed by atoms with E-state index >= 15 is 0 Å². The number of terminal acetylenes is 1. The first-order chi connectivity index (χ1) is 8.13. The van der Waals surface area contributed by atoms with Crippen LogP contribution in [0.25, 0.3) is 0 Å². The van der Waals surface area contributed by atoms with Crippen LogP contribution in [0.15, 0.2) is 28.7 Å². The van der Waals surface area contributed by atoms with Crippen molar-refractivity contribution in [2.24, 2.45) is 0 Å². The van der Waals surface area contributed by atoms with Crippen LogP contribution in [0.1, 0.15) is 18.1 Å². The van der Waals surface area contributed by atoms with Crippen LogP contribution in [0.5, 0.6) is 0 Å². The molecule has 1 aromatic rings. The molecule has 17 heavy (non-hydrogen) atoms. The van der Waals surface area contributed by atoms with Crippen molar-refractivity contribution in [1.29, 1.82) is 0 Å². The second-order valence-electron chi connectivity index (χ2n) is 3.38. The molecule has 0 fully saturated rings. The Morgan fingerprint density at radius 2 is 2.35 bits per heavy atom. The van der Waals surface area contributed by atoms with Crippen LogP contribution >= 0.6 is 15.9 Å². The number of benzene rings is 1. The molecule has 0 heterocycles. The second kappa shape index (κ2) is 7.05. The van der Waals surface area contributed by atoms with Crippen LogP contribution in [0.2, 0.25) is 0 Å². The van der Waals surface area contributed by atoms with E-state index in [-0.39, 0.29) is 11.5 Å². The Kier molecular flexibility index (Phi) is 5.67. The third-order valence-corrected chi connectivity index (χ3v) is 2.59. The van der Waals surface area contributed by atoms with E-state index in [9.17, 15) is 10.1 Å². The third-order valence-electron chi connectivity index (χ3n) is 2.10. The van der Waals surface area contributed by atoms with Crippen molar-refractivity contribution in [3.05, 3.63) is 44.4 Å². The molecule has 1 unspecified atom stereocenters. The predicted octanol–water partition coefficient (Wildman–Crippen LogP) is 2.81. The number of nitrogens with zero attached hydrogens (tertiary/aromatic N) is 1. The highest BCUT2D eigenvalue weighted by molar-refractivity contribution is 9.10. The Balaban J connectivity index is 2.75. The first kappa shape index (κ1) is 13.7. The molecule has 4 nitrogen and oxygen atoms in total. The van der Waals surface area contributed by atoms with Gasteiger partial charge < -0.3 is 4.74 Å². The zero-order valence-electron chi connectivity index (χ0n) is 9.14. The lowest BCUT2D eigenvalue weighted by Gasteiger charge is -2.14. The minimum atomic E-state index is -0.559. The summed E-state index contributed by atoms with van der Waals surface area (Å²) >= 11 is 3.32. The fourth-order valence-corrected chi connectivity index (χ4v) is 1.77. The normalized spacial score (nSPS) is 11.8. The maximum Gasteiger partial charge on any atom is 0.233 e. The molecule has 5 heteroatoms. The van der Waals surface area contributed by atoms with Gasteiger partial charge in [0.15, 0.2) is 0 Å². The van der Waals surface area contributed by atoms with Crippen molar-refractivity contribution >= 4 is 15.9 Å². The summed E-state index contributed by atoms with van der Waals surface area (Å²) < 4.78 is 6.29. The fourth-order valence-electron chi connectivity index (χ4n) is 1.36. The van der Waals surface area contributed by atoms with Gasteiger partial charge in [0.1, 0.15) is 6.10 Å². The zero-order chi connectivity index (χ0) is 12.7. The molecule has 0 spiro atoms. The highest BCUT2D eigenvalue weighted by Gasteiger charge is 2.18. The first-order valence-electron chi connectivity index (χ1n) is 5.06. The van der Waals surface area contributed by atoms with Gasteiger partial charge in [-0.05, 0) is 17.7 Å². The smallest absolute Gasteiger partial charge is 0.233 e. The van der Waals surface area contributed by atoms with Gasteiger partial charge in [-0.2, -0.15) is 0 Å². The number of hydrogen-bond acceptors (Lipinski definition) is 3. The molecule has 0 aromatic heterocycles. The minimum absolute atomic E-state index is 0.263. The molecule has 90 valence electrons. The van der Waals surface area contributed by atoms with Gasteiger partial charge >= 0.3 is 0 Å². The molecule has 0 N–H and O–H groups in total. The van der Waals surface area contributed by atoms with Crippen molar-refractivity contribution in [2.45, 2.75) is 12.5 Å². The Morgan fingerprint density at radius 3 is 2.94 bits per heavy atom. The lowest BCUT2D eigenvalue weighted by atomic mass is 10.1. The van der Waals surface area contributed by atoms with Crippen LogP contribution in [0.3, 0.4) is 0 Å². The molecule has 0 aliphatic rings. The largest absolute Gasteiger partial charge is 0.366 e. The van der Waals surface area contributed by atoms with Crippen molar-refractivity contribution < 1.29 is 9.66 Å². The second-order valence-corrected chi connectivity index (χ2v) is 4.30. The number of rotatable bonds is 6. The maximum atomic E-state index is 10.6. The number of hydrogen-bond donors (Lipinski definition) is 0. The molecule has 0 aliphatic carbocycles. The number of ether oxygens (including phenoxy) is 1. The van der Waals surface area contributed by atoms with Crippen LogP contribution in [0.4, 0.5) is 0 Å². The van der Waals surface area contributed by atoms with E-state index in [1.54, 1.807) is 6.07 Å². The van der Waals surface area contributed by atoms with Gasteiger partial charge in [-0.25, -0.2) is 0 Å². The summed E-state index contributed by atoms with van der Waals surface area (Å²) in [6.45, 7) is 0.0581. The number of halogens is 1. The highest BCUT2D eigenvalue weighted by atomic mass is 79.9. The maximum absolute atomic E-state index is 10.6. The van der Waals surface area contributed by atoms with Gasteiger partial charge in [-0.15, -0.1) is 12.3 Å². The van der Waals surface area contributed by atoms with Gasteiger partial charge in [0.2, 0.25) is 6.54 Å². The first-order valence-corrected chi connectivity index (χ1v) is 5.85. The molecular weight excluding hydrogens is 286 g/mol. The number of nitro groups is 1. The van der Waals surface area contributed by atoms with E-state index in [0.717, 1.165) is 10.0 Å². The van der Waals surface area contributed by atoms with Crippen molar-refractivity contribution in [3.8, 4) is 12.3 Å². The van der Waals surface area contributed by atoms with Gasteiger partial charge in [0.05, 0.1) is 6.61 Å². The SMILES string of the molecule is C#CCCOC(C[N+](=O)[O-])c1cccc(Br)c1. The third kappa shape index (κ3) is 4.98. The Bertz CT molecular complexity index is 428. The molecule has 0 saturated heterocycles. The van der Waals surface area contributed by atoms with E-state index in [1.165, 1.54) is 0 Å². The van der Waals surface area contributed by atoms with E-state index in [2.05, 4.69) is 21.9 Å². The summed E-state index contributed by atoms with van der Waals surface area (Å²) in [7, 11) is 0. The van der Waals surface area contributed by atoms with Crippen LogP contribution < -0.4 is 0 Å². The summed E-state index contributed by atoms with van der Waals surface area (Å²) in [5.41, 5.74) is 0.771. The summed E-state index contributed by atoms with van der Waals surface area (Å²) in [5, 5.41) is 10.6. The predicted molar refractivity (Wildman–Crippen MR) is 68.1 cm³/mol. The summed E-state index contributed by atoms with van der Waals surface area (Å²) in [4.78, 5) is 10.2. The summed E-state index contributed by atoms with van der Waals surface area (Å²) in [6, 6.07) is 7.28. The van der Waals surface area contributed by atoms with Gasteiger partial charge in [0.25, 0.3) is 0 Å². The Morgan fingerprint density at radius 1 is 1.59 bits per heavy atom. The van der Waals surface area contributed by atoms with Crippen molar-refractivity contribution in [1.82, 2.24) is 0 Å². The molecule has 0 amide bonds. The van der Waals surface area contributed by atoms with Gasteiger partial charge in [-0.3, -0.25) is 10.1 Å². The summed E-state index contributed by atoms with van der Waals surface area (Å²) in [5.74, 6) is 2.44. The van der Waals surface area contributed by atoms with E-state index in [4.69, 9.17) is 11.2 Å². The van der Waals surface area contributed by atoms with Crippen molar-refractivity contribution in [2.75, 3.05) is 13.2 Å². The van der Waals surface area contributed by atoms with Crippen molar-refractivity contribution in [3.63, 3.8) is 0 Å². The van der Waals surface area contributed by atoms with Gasteiger partial charge in [0, 0.05) is 15.8 Å². The van der Waals surface area contributed by atoms with Crippen LogP contribution in [-0.4, -0.2) is 18.1 Å². The Labute approximate surface area is 108 Å². The standard InChI is InChI=1S/C12H12BrNO3/c1-2-3-7-17-12(9-14(15)16)10-5-4-6-11(13)8-10/h1,4-6,8,12H,3,7,9H2. The fraction of sp³-hybridized carbons (Fsp3) is 0.333. The molecule has 0 bridgehead atoms. The zero-order valence-corrected chi connectivity index (χ0v) is 10.7.